The van der Waals surface area contributed by atoms with Crippen molar-refractivity contribution < 1.29 is 14.3 Å². The number of benzene rings is 2. The Morgan fingerprint density at radius 3 is 2.70 bits per heavy atom. The van der Waals surface area contributed by atoms with Crippen molar-refractivity contribution in [1.29, 1.82) is 0 Å². The van der Waals surface area contributed by atoms with Gasteiger partial charge in [0, 0.05) is 23.4 Å². The SMILES string of the molecule is COc1ccc(OC)c(C(C)Nc2ccc3c(c2)C(=O)NC3)c1. The molecule has 5 nitrogen and oxygen atoms in total. The van der Waals surface area contributed by atoms with Gasteiger partial charge in [-0.15, -0.1) is 0 Å². The fraction of sp³-hybridized carbons (Fsp3) is 0.278. The van der Waals surface area contributed by atoms with Crippen molar-refractivity contribution in [2.45, 2.75) is 19.5 Å². The molecule has 0 saturated heterocycles. The first kappa shape index (κ1) is 15.2. The van der Waals surface area contributed by atoms with Gasteiger partial charge in [0.15, 0.2) is 0 Å². The molecule has 2 N–H and O–H groups in total. The molecule has 1 aliphatic rings. The molecule has 1 heterocycles. The summed E-state index contributed by atoms with van der Waals surface area (Å²) in [7, 11) is 3.29. The van der Waals surface area contributed by atoms with Crippen LogP contribution in [0.1, 0.15) is 34.5 Å². The molecule has 1 aliphatic heterocycles. The largest absolute Gasteiger partial charge is 0.497 e. The van der Waals surface area contributed by atoms with Gasteiger partial charge < -0.3 is 20.1 Å². The minimum atomic E-state index is -0.0183. The van der Waals surface area contributed by atoms with Gasteiger partial charge in [-0.05, 0) is 42.8 Å². The van der Waals surface area contributed by atoms with Crippen molar-refractivity contribution in [3.63, 3.8) is 0 Å². The first-order valence-corrected chi connectivity index (χ1v) is 7.52. The molecule has 1 atom stereocenters. The number of ether oxygens (including phenoxy) is 2. The van der Waals surface area contributed by atoms with Crippen LogP contribution in [0.5, 0.6) is 11.5 Å². The minimum Gasteiger partial charge on any atom is -0.497 e. The summed E-state index contributed by atoms with van der Waals surface area (Å²) in [5.74, 6) is 1.56. The van der Waals surface area contributed by atoms with E-state index in [0.29, 0.717) is 6.54 Å². The molecule has 0 aromatic heterocycles. The number of carbonyl (C=O) groups is 1. The molecule has 0 fully saturated rings. The molecule has 2 aromatic carbocycles. The summed E-state index contributed by atoms with van der Waals surface area (Å²) in [6.07, 6.45) is 0. The topological polar surface area (TPSA) is 59.6 Å². The highest BCUT2D eigenvalue weighted by Gasteiger charge is 2.19. The Labute approximate surface area is 135 Å². The number of hydrogen-bond acceptors (Lipinski definition) is 4. The average Bonchev–Trinajstić information content (AvgIpc) is 2.95. The first-order chi connectivity index (χ1) is 11.1. The fourth-order valence-electron chi connectivity index (χ4n) is 2.81. The van der Waals surface area contributed by atoms with Crippen LogP contribution in [0.15, 0.2) is 36.4 Å². The predicted octanol–water partition coefficient (Wildman–Crippen LogP) is 3.12. The normalized spacial score (nSPS) is 14.0. The Kier molecular flexibility index (Phi) is 4.10. The van der Waals surface area contributed by atoms with Crippen LogP contribution >= 0.6 is 0 Å². The van der Waals surface area contributed by atoms with Crippen molar-refractivity contribution in [2.75, 3.05) is 19.5 Å². The number of methoxy groups -OCH3 is 2. The Balaban J connectivity index is 1.86. The third-order valence-electron chi connectivity index (χ3n) is 4.08. The Morgan fingerprint density at radius 1 is 1.13 bits per heavy atom. The van der Waals surface area contributed by atoms with Crippen molar-refractivity contribution in [1.82, 2.24) is 5.32 Å². The molecule has 0 spiro atoms. The van der Waals surface area contributed by atoms with Gasteiger partial charge in [0.1, 0.15) is 11.5 Å². The average molecular weight is 312 g/mol. The number of hydrogen-bond donors (Lipinski definition) is 2. The van der Waals surface area contributed by atoms with E-state index in [0.717, 1.165) is 33.9 Å². The van der Waals surface area contributed by atoms with Crippen LogP contribution < -0.4 is 20.1 Å². The lowest BCUT2D eigenvalue weighted by molar-refractivity contribution is 0.0966. The van der Waals surface area contributed by atoms with Crippen molar-refractivity contribution >= 4 is 11.6 Å². The Bertz CT molecular complexity index is 743. The maximum absolute atomic E-state index is 11.8. The van der Waals surface area contributed by atoms with Crippen LogP contribution in [0.25, 0.3) is 0 Å². The van der Waals surface area contributed by atoms with Gasteiger partial charge in [0.25, 0.3) is 5.91 Å². The number of fused-ring (bicyclic) bond motifs is 1. The second kappa shape index (κ2) is 6.20. The highest BCUT2D eigenvalue weighted by atomic mass is 16.5. The highest BCUT2D eigenvalue weighted by molar-refractivity contribution is 5.99. The molecular formula is C18H20N2O3. The van der Waals surface area contributed by atoms with Crippen LogP contribution in [0.3, 0.4) is 0 Å². The molecule has 0 radical (unpaired) electrons. The van der Waals surface area contributed by atoms with E-state index in [-0.39, 0.29) is 11.9 Å². The zero-order valence-corrected chi connectivity index (χ0v) is 13.5. The van der Waals surface area contributed by atoms with Gasteiger partial charge in [0.2, 0.25) is 0 Å². The second-order valence-corrected chi connectivity index (χ2v) is 5.53. The van der Waals surface area contributed by atoms with E-state index in [1.54, 1.807) is 14.2 Å². The zero-order chi connectivity index (χ0) is 16.4. The Hall–Kier alpha value is -2.69. The highest BCUT2D eigenvalue weighted by Crippen LogP contribution is 2.32. The Morgan fingerprint density at radius 2 is 1.96 bits per heavy atom. The molecule has 0 bridgehead atoms. The maximum atomic E-state index is 11.8. The lowest BCUT2D eigenvalue weighted by atomic mass is 10.0. The number of nitrogens with one attached hydrogen (secondary N) is 2. The van der Waals surface area contributed by atoms with Crippen molar-refractivity contribution in [3.8, 4) is 11.5 Å². The van der Waals surface area contributed by atoms with Crippen LogP contribution in [0.2, 0.25) is 0 Å². The van der Waals surface area contributed by atoms with Gasteiger partial charge in [-0.3, -0.25) is 4.79 Å². The van der Waals surface area contributed by atoms with Crippen LogP contribution in [0.4, 0.5) is 5.69 Å². The number of rotatable bonds is 5. The van der Waals surface area contributed by atoms with E-state index in [4.69, 9.17) is 9.47 Å². The number of amides is 1. The van der Waals surface area contributed by atoms with Crippen LogP contribution in [-0.4, -0.2) is 20.1 Å². The lowest BCUT2D eigenvalue weighted by Gasteiger charge is -2.19. The molecule has 1 unspecified atom stereocenters. The molecule has 3 rings (SSSR count). The van der Waals surface area contributed by atoms with E-state index in [1.165, 1.54) is 0 Å². The van der Waals surface area contributed by atoms with Gasteiger partial charge in [0.05, 0.1) is 20.3 Å². The molecular weight excluding hydrogens is 292 g/mol. The minimum absolute atomic E-state index is 0.00237. The standard InChI is InChI=1S/C18H20N2O3/c1-11(15-9-14(22-2)6-7-17(15)23-3)20-13-5-4-12-10-19-18(21)16(12)8-13/h4-9,11,20H,10H2,1-3H3,(H,19,21). The second-order valence-electron chi connectivity index (χ2n) is 5.53. The third kappa shape index (κ3) is 2.95. The van der Waals surface area contributed by atoms with E-state index < -0.39 is 0 Å². The predicted molar refractivity (Wildman–Crippen MR) is 89.2 cm³/mol. The van der Waals surface area contributed by atoms with E-state index >= 15 is 0 Å². The first-order valence-electron chi connectivity index (χ1n) is 7.52. The summed E-state index contributed by atoms with van der Waals surface area (Å²) >= 11 is 0. The molecule has 2 aromatic rings. The van der Waals surface area contributed by atoms with Crippen molar-refractivity contribution in [3.05, 3.63) is 53.1 Å². The molecule has 120 valence electrons. The number of carbonyl (C=O) groups excluding carboxylic acids is 1. The molecule has 0 saturated carbocycles. The monoisotopic (exact) mass is 312 g/mol. The summed E-state index contributed by atoms with van der Waals surface area (Å²) in [4.78, 5) is 11.8. The van der Waals surface area contributed by atoms with E-state index in [1.807, 2.05) is 43.3 Å². The lowest BCUT2D eigenvalue weighted by Crippen LogP contribution is -2.13. The third-order valence-corrected chi connectivity index (χ3v) is 4.08. The van der Waals surface area contributed by atoms with Gasteiger partial charge >= 0.3 is 0 Å². The van der Waals surface area contributed by atoms with Crippen molar-refractivity contribution in [2.24, 2.45) is 0 Å². The van der Waals surface area contributed by atoms with Gasteiger partial charge in [-0.2, -0.15) is 0 Å². The summed E-state index contributed by atoms with van der Waals surface area (Å²) < 4.78 is 10.7. The van der Waals surface area contributed by atoms with Crippen LogP contribution in [0, 0.1) is 0 Å². The van der Waals surface area contributed by atoms with E-state index in [9.17, 15) is 4.79 Å². The summed E-state index contributed by atoms with van der Waals surface area (Å²) in [6, 6.07) is 11.6. The van der Waals surface area contributed by atoms with Gasteiger partial charge in [-0.1, -0.05) is 6.07 Å². The van der Waals surface area contributed by atoms with Gasteiger partial charge in [-0.25, -0.2) is 0 Å². The number of anilines is 1. The maximum Gasteiger partial charge on any atom is 0.251 e. The molecule has 23 heavy (non-hydrogen) atoms. The summed E-state index contributed by atoms with van der Waals surface area (Å²) in [5.41, 5.74) is 3.67. The summed E-state index contributed by atoms with van der Waals surface area (Å²) in [6.45, 7) is 2.65. The quantitative estimate of drug-likeness (QED) is 0.890. The smallest absolute Gasteiger partial charge is 0.251 e. The molecule has 1 amide bonds. The van der Waals surface area contributed by atoms with Crippen LogP contribution in [-0.2, 0) is 6.54 Å². The van der Waals surface area contributed by atoms with E-state index in [2.05, 4.69) is 10.6 Å². The molecule has 0 aliphatic carbocycles. The summed E-state index contributed by atoms with van der Waals surface area (Å²) in [5, 5.41) is 6.25. The fourth-order valence-corrected chi connectivity index (χ4v) is 2.81. The molecule has 5 heteroatoms. The zero-order valence-electron chi connectivity index (χ0n) is 13.5.